The molecule has 1 fully saturated rings. The molecule has 15 nitrogen and oxygen atoms in total. The number of hydrogen-bond acceptors (Lipinski definition) is 9. The van der Waals surface area contributed by atoms with Crippen LogP contribution in [0.3, 0.4) is 0 Å². The zero-order valence-corrected chi connectivity index (χ0v) is 18.5. The summed E-state index contributed by atoms with van der Waals surface area (Å²) in [6, 6.07) is 8.13. The van der Waals surface area contributed by atoms with Crippen molar-refractivity contribution in [2.45, 2.75) is 30.9 Å². The van der Waals surface area contributed by atoms with Crippen LogP contribution in [0.25, 0.3) is 10.4 Å². The van der Waals surface area contributed by atoms with Gasteiger partial charge in [0, 0.05) is 10.9 Å². The molecule has 6 unspecified atom stereocenters. The Morgan fingerprint density at radius 1 is 1.16 bits per heavy atom. The molecule has 0 saturated carbocycles. The first-order chi connectivity index (χ1) is 14.3. The minimum Gasteiger partial charge on any atom is -0.379 e. The molecule has 0 radical (unpaired) electrons. The molecule has 4 N–H and O–H groups in total. The van der Waals surface area contributed by atoms with Gasteiger partial charge in [-0.15, -0.1) is 0 Å². The highest BCUT2D eigenvalue weighted by Crippen LogP contribution is 2.66. The summed E-state index contributed by atoms with van der Waals surface area (Å²) in [5.41, 5.74) is 9.35. The highest BCUT2D eigenvalue weighted by molar-refractivity contribution is 7.66. The third kappa shape index (κ3) is 9.13. The summed E-state index contributed by atoms with van der Waals surface area (Å²) < 4.78 is 57.2. The molecule has 31 heavy (non-hydrogen) atoms. The van der Waals surface area contributed by atoms with Gasteiger partial charge >= 0.3 is 23.5 Å². The van der Waals surface area contributed by atoms with Crippen LogP contribution < -0.4 is 0 Å². The Balaban J connectivity index is 2.04. The zero-order valence-electron chi connectivity index (χ0n) is 15.8. The van der Waals surface area contributed by atoms with Gasteiger partial charge in [-0.1, -0.05) is 35.4 Å². The molecular formula is C12H19BN3O12P3. The second-order valence-electron chi connectivity index (χ2n) is 6.25. The lowest BCUT2D eigenvalue weighted by atomic mass is 9.96. The second kappa shape index (κ2) is 10.7. The lowest BCUT2D eigenvalue weighted by Gasteiger charge is -2.24. The number of rotatable bonds is 11. The van der Waals surface area contributed by atoms with E-state index in [2.05, 4.69) is 23.2 Å². The van der Waals surface area contributed by atoms with Crippen LogP contribution in [0, 0.1) is 0 Å². The van der Waals surface area contributed by atoms with Crippen LogP contribution in [-0.2, 0) is 36.3 Å². The maximum Gasteiger partial charge on any atom is 0.490 e. The van der Waals surface area contributed by atoms with Crippen molar-refractivity contribution in [2.24, 2.45) is 5.11 Å². The monoisotopic (exact) mass is 501 g/mol. The molecule has 1 saturated heterocycles. The fraction of sp³-hybridized carbons (Fsp3) is 0.500. The largest absolute Gasteiger partial charge is 0.490 e. The molecule has 1 heterocycles. The molecule has 6 atom stereocenters. The van der Waals surface area contributed by atoms with E-state index in [-0.39, 0.29) is 6.00 Å². The van der Waals surface area contributed by atoms with Gasteiger partial charge in [0.1, 0.15) is 14.0 Å². The first kappa shape index (κ1) is 26.2. The van der Waals surface area contributed by atoms with E-state index in [0.29, 0.717) is 12.0 Å². The Labute approximate surface area is 176 Å². The predicted molar refractivity (Wildman–Crippen MR) is 105 cm³/mol. The van der Waals surface area contributed by atoms with Crippen molar-refractivity contribution < 1.29 is 55.9 Å². The first-order valence-electron chi connectivity index (χ1n) is 8.49. The molecule has 0 aromatic heterocycles. The Hall–Kier alpha value is -1.08. The second-order valence-corrected chi connectivity index (χ2v) is 10.7. The zero-order chi connectivity index (χ0) is 23.3. The smallest absolute Gasteiger partial charge is 0.379 e. The molecule has 172 valence electrons. The third-order valence-electron chi connectivity index (χ3n) is 3.75. The van der Waals surface area contributed by atoms with Crippen molar-refractivity contribution in [1.29, 1.82) is 0 Å². The fourth-order valence-electron chi connectivity index (χ4n) is 2.68. The molecule has 0 amide bonds. The molecule has 0 bridgehead atoms. The third-order valence-corrected chi connectivity index (χ3v) is 7.55. The van der Waals surface area contributed by atoms with E-state index >= 15 is 0 Å². The van der Waals surface area contributed by atoms with Crippen LogP contribution in [0.5, 0.6) is 0 Å². The summed E-state index contributed by atoms with van der Waals surface area (Å²) in [6.45, 7) is -0.670. The van der Waals surface area contributed by atoms with Crippen LogP contribution in [-0.4, -0.2) is 52.2 Å². The van der Waals surface area contributed by atoms with Gasteiger partial charge < -0.3 is 29.0 Å². The van der Waals surface area contributed by atoms with Crippen LogP contribution >= 0.6 is 23.5 Å². The van der Waals surface area contributed by atoms with Gasteiger partial charge in [0.25, 0.3) is 0 Å². The van der Waals surface area contributed by atoms with Gasteiger partial charge in [0.15, 0.2) is 6.23 Å². The lowest BCUT2D eigenvalue weighted by molar-refractivity contribution is -0.0669. The summed E-state index contributed by atoms with van der Waals surface area (Å²) in [4.78, 5) is 38.6. The van der Waals surface area contributed by atoms with Crippen molar-refractivity contribution in [2.75, 3.05) is 6.61 Å². The normalized spacial score (nSPS) is 26.4. The number of ether oxygens (including phenoxy) is 2. The van der Waals surface area contributed by atoms with Crippen LogP contribution in [0.2, 0.25) is 0 Å². The van der Waals surface area contributed by atoms with E-state index in [0.717, 1.165) is 0 Å². The van der Waals surface area contributed by atoms with Gasteiger partial charge in [-0.3, -0.25) is 4.52 Å². The molecule has 1 aromatic rings. The topological polar surface area (TPSA) is 227 Å². The maximum absolute atomic E-state index is 11.9. The molecule has 0 aliphatic carbocycles. The minimum absolute atomic E-state index is 0.300. The van der Waals surface area contributed by atoms with Crippen molar-refractivity contribution in [3.8, 4) is 0 Å². The predicted octanol–water partition coefficient (Wildman–Crippen LogP) is 1.47. The van der Waals surface area contributed by atoms with Gasteiger partial charge in [0.05, 0.1) is 12.7 Å². The quantitative estimate of drug-likeness (QED) is 0.111. The van der Waals surface area contributed by atoms with E-state index in [9.17, 15) is 23.5 Å². The average molecular weight is 501 g/mol. The summed E-state index contributed by atoms with van der Waals surface area (Å²) >= 11 is 0. The summed E-state index contributed by atoms with van der Waals surface area (Å²) in [5, 5.41) is 3.58. The number of phosphoric ester groups is 1. The van der Waals surface area contributed by atoms with E-state index in [4.69, 9.17) is 24.8 Å². The van der Waals surface area contributed by atoms with Crippen LogP contribution in [0.4, 0.5) is 0 Å². The summed E-state index contributed by atoms with van der Waals surface area (Å²) in [7, 11) is -14.7. The van der Waals surface area contributed by atoms with Gasteiger partial charge in [0.2, 0.25) is 0 Å². The fourth-order valence-corrected chi connectivity index (χ4v) is 5.71. The molecule has 1 aliphatic heterocycles. The number of hydrogen-bond donors (Lipinski definition) is 4. The van der Waals surface area contributed by atoms with Crippen LogP contribution in [0.15, 0.2) is 35.4 Å². The average Bonchev–Trinajstić information content (AvgIpc) is 2.97. The van der Waals surface area contributed by atoms with Crippen molar-refractivity contribution in [1.82, 2.24) is 0 Å². The number of benzene rings is 1. The summed E-state index contributed by atoms with van der Waals surface area (Å²) in [6.07, 6.45) is -2.47. The SMILES string of the molecule is BC1CC(OC(N=[N+]=[N-])c2ccccc2)C(COP(=O)(O)OP(=O)(O)OP(=O)(O)O)O1. The lowest BCUT2D eigenvalue weighted by Crippen LogP contribution is -2.30. The molecule has 1 aromatic carbocycles. The van der Waals surface area contributed by atoms with Gasteiger partial charge in [-0.05, 0) is 17.5 Å². The molecule has 1 aliphatic rings. The van der Waals surface area contributed by atoms with Gasteiger partial charge in [-0.2, -0.15) is 8.62 Å². The molecule has 0 spiro atoms. The number of azide groups is 1. The maximum atomic E-state index is 11.9. The van der Waals surface area contributed by atoms with Crippen molar-refractivity contribution in [3.05, 3.63) is 46.3 Å². The Bertz CT molecular complexity index is 941. The van der Waals surface area contributed by atoms with E-state index in [1.807, 2.05) is 0 Å². The van der Waals surface area contributed by atoms with E-state index in [1.54, 1.807) is 38.2 Å². The molecule has 19 heteroatoms. The first-order valence-corrected chi connectivity index (χ1v) is 13.0. The minimum atomic E-state index is -5.62. The molecular weight excluding hydrogens is 482 g/mol. The van der Waals surface area contributed by atoms with Crippen molar-refractivity contribution >= 4 is 31.3 Å². The van der Waals surface area contributed by atoms with Crippen molar-refractivity contribution in [3.63, 3.8) is 0 Å². The van der Waals surface area contributed by atoms with Crippen LogP contribution in [0.1, 0.15) is 18.2 Å². The number of phosphoric acid groups is 3. The molecule has 2 rings (SSSR count). The number of nitrogens with zero attached hydrogens (tertiary/aromatic N) is 3. The Kier molecular flexibility index (Phi) is 9.03. The standard InChI is InChI=1S/C12H19BN3O12P3/c13-11-6-9(26-12(15-16-14)8-4-2-1-3-5-8)10(25-11)7-24-30(20,21)28-31(22,23)27-29(17,18)19/h1-5,9-12H,6-7,13H2,(H,20,21)(H,22,23)(H2,17,18,19). The Morgan fingerprint density at radius 3 is 2.39 bits per heavy atom. The van der Waals surface area contributed by atoms with E-state index < -0.39 is 48.5 Å². The van der Waals surface area contributed by atoms with Gasteiger partial charge in [-0.25, -0.2) is 13.7 Å². The Morgan fingerprint density at radius 2 is 1.81 bits per heavy atom. The summed E-state index contributed by atoms with van der Waals surface area (Å²) in [5.74, 6) is 0. The highest BCUT2D eigenvalue weighted by atomic mass is 31.3. The van der Waals surface area contributed by atoms with E-state index in [1.165, 1.54) is 0 Å². The highest BCUT2D eigenvalue weighted by Gasteiger charge is 2.43.